The Morgan fingerprint density at radius 1 is 0.265 bits per heavy atom. The van der Waals surface area contributed by atoms with Gasteiger partial charge in [-0.25, -0.2) is 0 Å². The minimum absolute atomic E-state index is 1.05. The highest BCUT2D eigenvalue weighted by atomic mass is 14.1. The Bertz CT molecular complexity index is 194. The predicted molar refractivity (Wildman–Crippen MR) is 170 cm³/mol. The van der Waals surface area contributed by atoms with Crippen molar-refractivity contribution in [2.75, 3.05) is 0 Å². The first-order chi connectivity index (χ1) is 16.8. The maximum atomic E-state index is 2.32. The Kier molecular flexibility index (Phi) is 88.7. The highest BCUT2D eigenvalue weighted by molar-refractivity contribution is 4.62. The molecule has 0 atom stereocenters. The Morgan fingerprint density at radius 3 is 0.647 bits per heavy atom. The van der Waals surface area contributed by atoms with E-state index in [0.717, 1.165) is 5.92 Å². The highest BCUT2D eigenvalue weighted by Gasteiger charge is 2.08. The van der Waals surface area contributed by atoms with Gasteiger partial charge in [-0.05, 0) is 5.92 Å². The van der Waals surface area contributed by atoms with Crippen LogP contribution >= 0.6 is 0 Å². The second-order valence-corrected chi connectivity index (χ2v) is 8.18. The van der Waals surface area contributed by atoms with Crippen LogP contribution in [-0.2, 0) is 0 Å². The molecule has 0 saturated carbocycles. The molecule has 0 nitrogen and oxygen atoms in total. The maximum Gasteiger partial charge on any atom is -0.0414 e. The summed E-state index contributed by atoms with van der Waals surface area (Å²) in [6, 6.07) is 0. The van der Waals surface area contributed by atoms with E-state index in [9.17, 15) is 0 Å². The maximum absolute atomic E-state index is 2.32. The average molecular weight is 489 g/mol. The van der Waals surface area contributed by atoms with Crippen molar-refractivity contribution in [3.8, 4) is 0 Å². The van der Waals surface area contributed by atoms with Crippen molar-refractivity contribution in [2.24, 2.45) is 5.92 Å². The van der Waals surface area contributed by atoms with Gasteiger partial charge in [-0.2, -0.15) is 0 Å². The summed E-state index contributed by atoms with van der Waals surface area (Å²) in [5.41, 5.74) is 0. The van der Waals surface area contributed by atoms with Crippen molar-refractivity contribution in [1.29, 1.82) is 0 Å². The number of rotatable bonds is 20. The van der Waals surface area contributed by atoms with E-state index in [1.54, 1.807) is 0 Å². The first-order valence-corrected chi connectivity index (χ1v) is 16.8. The summed E-state index contributed by atoms with van der Waals surface area (Å²) in [7, 11) is 0. The van der Waals surface area contributed by atoms with Crippen LogP contribution in [0.3, 0.4) is 0 Å². The largest absolute Gasteiger partial charge is 0.0683 e. The minimum atomic E-state index is 1.05. The molecule has 0 radical (unpaired) electrons. The van der Waals surface area contributed by atoms with E-state index in [1.807, 2.05) is 69.2 Å². The van der Waals surface area contributed by atoms with Crippen LogP contribution in [-0.4, -0.2) is 0 Å². The van der Waals surface area contributed by atoms with Gasteiger partial charge in [0.1, 0.15) is 0 Å². The van der Waals surface area contributed by atoms with Crippen LogP contribution in [0.2, 0.25) is 0 Å². The summed E-state index contributed by atoms with van der Waals surface area (Å²) < 4.78 is 0. The van der Waals surface area contributed by atoms with Gasteiger partial charge >= 0.3 is 0 Å². The Hall–Kier alpha value is 0. The molecule has 0 heterocycles. The van der Waals surface area contributed by atoms with E-state index in [1.165, 1.54) is 128 Å². The predicted octanol–water partition coefficient (Wildman–Crippen LogP) is 14.6. The van der Waals surface area contributed by atoms with Gasteiger partial charge in [0.2, 0.25) is 0 Å². The van der Waals surface area contributed by atoms with Crippen LogP contribution in [0, 0.1) is 5.92 Å². The first kappa shape index (κ1) is 47.2. The molecule has 0 heteroatoms. The van der Waals surface area contributed by atoms with Crippen molar-refractivity contribution in [3.05, 3.63) is 0 Å². The fourth-order valence-electron chi connectivity index (χ4n) is 3.90. The summed E-state index contributed by atoms with van der Waals surface area (Å²) >= 11 is 0. The third-order valence-corrected chi connectivity index (χ3v) is 5.65. The van der Waals surface area contributed by atoms with Crippen LogP contribution in [0.15, 0.2) is 0 Å². The lowest BCUT2D eigenvalue weighted by Gasteiger charge is -2.17. The quantitative estimate of drug-likeness (QED) is 0.149. The summed E-state index contributed by atoms with van der Waals surface area (Å²) in [6.45, 7) is 26.9. The van der Waals surface area contributed by atoms with Crippen molar-refractivity contribution in [2.45, 2.75) is 218 Å². The first-order valence-electron chi connectivity index (χ1n) is 16.8. The zero-order valence-electron chi connectivity index (χ0n) is 27.7. The molecule has 0 bridgehead atoms. The molecule has 0 fully saturated rings. The van der Waals surface area contributed by atoms with Gasteiger partial charge in [-0.3, -0.25) is 0 Å². The number of hydrogen-bond acceptors (Lipinski definition) is 0. The Morgan fingerprint density at radius 2 is 0.441 bits per heavy atom. The zero-order chi connectivity index (χ0) is 27.7. The van der Waals surface area contributed by atoms with E-state index in [4.69, 9.17) is 0 Å². The molecule has 0 rings (SSSR count). The van der Waals surface area contributed by atoms with E-state index >= 15 is 0 Å². The van der Waals surface area contributed by atoms with Gasteiger partial charge in [0, 0.05) is 0 Å². The molecule has 0 amide bonds. The van der Waals surface area contributed by atoms with E-state index in [0.29, 0.717) is 0 Å². The lowest BCUT2D eigenvalue weighted by atomic mass is 9.89. The summed E-state index contributed by atoms with van der Waals surface area (Å²) in [5.74, 6) is 1.05. The normalized spacial score (nSPS) is 9.00. The molecule has 0 aromatic carbocycles. The zero-order valence-corrected chi connectivity index (χ0v) is 27.7. The third-order valence-electron chi connectivity index (χ3n) is 5.65. The second-order valence-electron chi connectivity index (χ2n) is 8.18. The fourth-order valence-corrected chi connectivity index (χ4v) is 3.90. The van der Waals surface area contributed by atoms with Crippen LogP contribution in [0.5, 0.6) is 0 Å². The van der Waals surface area contributed by atoms with Crippen LogP contribution in [0.4, 0.5) is 0 Å². The van der Waals surface area contributed by atoms with Gasteiger partial charge in [0.25, 0.3) is 0 Å². The fraction of sp³-hybridized carbons (Fsp3) is 1.00. The Labute approximate surface area is 224 Å². The SMILES string of the molecule is CC.CC.CC.CC.CC.CCCCCCCCCC(CCCCCCC)CCCCCCC. The molecule has 0 aliphatic carbocycles. The summed E-state index contributed by atoms with van der Waals surface area (Å²) in [5, 5.41) is 0. The number of hydrogen-bond donors (Lipinski definition) is 0. The molecule has 34 heavy (non-hydrogen) atoms. The van der Waals surface area contributed by atoms with Gasteiger partial charge in [0.15, 0.2) is 0 Å². The molecule has 0 N–H and O–H groups in total. The van der Waals surface area contributed by atoms with Gasteiger partial charge in [-0.15, -0.1) is 0 Å². The smallest absolute Gasteiger partial charge is 0.0414 e. The van der Waals surface area contributed by atoms with E-state index in [2.05, 4.69) is 20.8 Å². The topological polar surface area (TPSA) is 0 Å². The molecule has 0 aromatic heterocycles. The van der Waals surface area contributed by atoms with Crippen LogP contribution < -0.4 is 0 Å². The van der Waals surface area contributed by atoms with Crippen LogP contribution in [0.1, 0.15) is 218 Å². The van der Waals surface area contributed by atoms with Crippen molar-refractivity contribution in [1.82, 2.24) is 0 Å². The van der Waals surface area contributed by atoms with E-state index in [-0.39, 0.29) is 0 Å². The summed E-state index contributed by atoms with van der Waals surface area (Å²) in [6.07, 6.45) is 29.3. The molecule has 0 spiro atoms. The van der Waals surface area contributed by atoms with Gasteiger partial charge < -0.3 is 0 Å². The molecular weight excluding hydrogens is 408 g/mol. The number of unbranched alkanes of at least 4 members (excludes halogenated alkanes) is 14. The molecular formula is C34H80. The Balaban J connectivity index is -0.000000172. The average Bonchev–Trinajstić information content (AvgIpc) is 2.93. The lowest BCUT2D eigenvalue weighted by Crippen LogP contribution is -2.01. The minimum Gasteiger partial charge on any atom is -0.0683 e. The van der Waals surface area contributed by atoms with E-state index < -0.39 is 0 Å². The standard InChI is InChI=1S/C24H50.5C2H6/c1-4-7-10-13-14-17-20-23-24(21-18-15-11-8-5-2)22-19-16-12-9-6-3;5*1-2/h24H,4-23H2,1-3H3;5*1-2H3. The monoisotopic (exact) mass is 489 g/mol. The highest BCUT2D eigenvalue weighted by Crippen LogP contribution is 2.24. The molecule has 216 valence electrons. The van der Waals surface area contributed by atoms with Crippen molar-refractivity contribution >= 4 is 0 Å². The summed E-state index contributed by atoms with van der Waals surface area (Å²) in [4.78, 5) is 0. The molecule has 0 aromatic rings. The molecule has 0 aliphatic heterocycles. The van der Waals surface area contributed by atoms with Crippen LogP contribution in [0.25, 0.3) is 0 Å². The van der Waals surface area contributed by atoms with Crippen molar-refractivity contribution < 1.29 is 0 Å². The van der Waals surface area contributed by atoms with Gasteiger partial charge in [-0.1, -0.05) is 218 Å². The molecule has 0 unspecified atom stereocenters. The second kappa shape index (κ2) is 63.9. The third kappa shape index (κ3) is 58.1. The van der Waals surface area contributed by atoms with Gasteiger partial charge in [0.05, 0.1) is 0 Å². The molecule has 0 aliphatic rings. The lowest BCUT2D eigenvalue weighted by molar-refractivity contribution is 0.366. The van der Waals surface area contributed by atoms with Crippen molar-refractivity contribution in [3.63, 3.8) is 0 Å². The molecule has 0 saturated heterocycles.